The van der Waals surface area contributed by atoms with Gasteiger partial charge in [0.2, 0.25) is 0 Å². The molecule has 0 aliphatic rings. The van der Waals surface area contributed by atoms with Gasteiger partial charge < -0.3 is 25.1 Å². The van der Waals surface area contributed by atoms with Crippen LogP contribution in [0.15, 0.2) is 54.2 Å². The lowest BCUT2D eigenvalue weighted by atomic mass is 9.84. The molecule has 34 heavy (non-hydrogen) atoms. The number of aromatic hydroxyl groups is 1. The average molecular weight is 469 g/mol. The molecule has 2 rings (SSSR count). The van der Waals surface area contributed by atoms with E-state index in [1.165, 1.54) is 31.2 Å². The second-order valence-electron chi connectivity index (χ2n) is 8.89. The van der Waals surface area contributed by atoms with Crippen LogP contribution < -0.4 is 10.1 Å². The van der Waals surface area contributed by atoms with Crippen LogP contribution in [-0.2, 0) is 14.9 Å². The minimum atomic E-state index is -0.677. The summed E-state index contributed by atoms with van der Waals surface area (Å²) in [7, 11) is 0. The number of carbonyl (C=O) groups excluding carboxylic acids is 2. The summed E-state index contributed by atoms with van der Waals surface area (Å²) < 4.78 is 10.6. The summed E-state index contributed by atoms with van der Waals surface area (Å²) in [5.74, 6) is -0.662. The minimum absolute atomic E-state index is 0.00273. The molecular weight excluding hydrogens is 436 g/mol. The van der Waals surface area contributed by atoms with Crippen molar-refractivity contribution < 1.29 is 29.4 Å². The third kappa shape index (κ3) is 6.84. The molecule has 0 heterocycles. The van der Waals surface area contributed by atoms with E-state index in [-0.39, 0.29) is 53.2 Å². The molecule has 2 aromatic carbocycles. The molecule has 0 fully saturated rings. The predicted molar refractivity (Wildman–Crippen MR) is 131 cm³/mol. The molecule has 0 saturated heterocycles. The van der Waals surface area contributed by atoms with Crippen LogP contribution in [0.25, 0.3) is 0 Å². The first kappa shape index (κ1) is 26.4. The molecule has 8 nitrogen and oxygen atoms in total. The molecule has 182 valence electrons. The summed E-state index contributed by atoms with van der Waals surface area (Å²) in [5.41, 5.74) is 2.43. The molecule has 0 aliphatic heterocycles. The van der Waals surface area contributed by atoms with Gasteiger partial charge in [0.1, 0.15) is 36.0 Å². The van der Waals surface area contributed by atoms with Crippen molar-refractivity contribution in [1.82, 2.24) is 0 Å². The fraction of sp³-hybridized carbons (Fsp3) is 0.346. The van der Waals surface area contributed by atoms with Gasteiger partial charge in [-0.05, 0) is 49.1 Å². The fourth-order valence-corrected chi connectivity index (χ4v) is 3.11. The van der Waals surface area contributed by atoms with E-state index >= 15 is 0 Å². The molecule has 3 N–H and O–H groups in total. The van der Waals surface area contributed by atoms with E-state index in [1.54, 1.807) is 13.0 Å². The van der Waals surface area contributed by atoms with Crippen molar-refractivity contribution in [2.75, 3.05) is 18.5 Å². The zero-order valence-corrected chi connectivity index (χ0v) is 20.2. The SMILES string of the molecule is C=CCOC(=O)c1ccc(OCC(=NO)c2ccc(NC(C)C(C)=O)c(C(C)(C)C)c2)cc1O. The van der Waals surface area contributed by atoms with Crippen LogP contribution in [0.5, 0.6) is 11.5 Å². The minimum Gasteiger partial charge on any atom is -0.507 e. The van der Waals surface area contributed by atoms with Gasteiger partial charge >= 0.3 is 5.97 Å². The fourth-order valence-electron chi connectivity index (χ4n) is 3.11. The number of carbonyl (C=O) groups is 2. The van der Waals surface area contributed by atoms with E-state index in [1.807, 2.05) is 32.9 Å². The van der Waals surface area contributed by atoms with Crippen LogP contribution in [0.4, 0.5) is 5.69 Å². The number of benzene rings is 2. The molecule has 8 heteroatoms. The van der Waals surface area contributed by atoms with Gasteiger partial charge in [-0.25, -0.2) is 4.79 Å². The number of Topliss-reactive ketones (excluding diaryl/α,β-unsaturated/α-hetero) is 1. The molecule has 1 unspecified atom stereocenters. The largest absolute Gasteiger partial charge is 0.507 e. The number of nitrogens with one attached hydrogen (secondary N) is 1. The average Bonchev–Trinajstić information content (AvgIpc) is 2.77. The molecule has 0 amide bonds. The molecule has 2 aromatic rings. The number of ether oxygens (including phenoxy) is 2. The van der Waals surface area contributed by atoms with Crippen LogP contribution in [0.2, 0.25) is 0 Å². The summed E-state index contributed by atoms with van der Waals surface area (Å²) in [6, 6.07) is 9.36. The normalized spacial score (nSPS) is 12.6. The maximum Gasteiger partial charge on any atom is 0.342 e. The quantitative estimate of drug-likeness (QED) is 0.152. The lowest BCUT2D eigenvalue weighted by Gasteiger charge is -2.26. The van der Waals surface area contributed by atoms with Crippen LogP contribution in [0.1, 0.15) is 56.1 Å². The number of esters is 1. The summed E-state index contributed by atoms with van der Waals surface area (Å²) in [6.07, 6.45) is 1.43. The van der Waals surface area contributed by atoms with Crippen LogP contribution in [0.3, 0.4) is 0 Å². The standard InChI is InChI=1S/C26H32N2O6/c1-7-12-33-25(31)20-10-9-19(14-24(20)30)34-15-23(28-32)18-8-11-22(27-16(2)17(3)29)21(13-18)26(4,5)6/h7-11,13-14,16,27,30,32H,1,12,15H2,2-6H3. The first-order valence-corrected chi connectivity index (χ1v) is 10.8. The van der Waals surface area contributed by atoms with E-state index in [0.717, 1.165) is 11.3 Å². The number of ketones is 1. The Morgan fingerprint density at radius 2 is 1.91 bits per heavy atom. The number of anilines is 1. The third-order valence-electron chi connectivity index (χ3n) is 5.16. The Balaban J connectivity index is 2.22. The van der Waals surface area contributed by atoms with Gasteiger partial charge in [-0.1, -0.05) is 44.6 Å². The van der Waals surface area contributed by atoms with Gasteiger partial charge in [0.25, 0.3) is 0 Å². The van der Waals surface area contributed by atoms with Crippen LogP contribution in [0, 0.1) is 0 Å². The number of phenols is 1. The van der Waals surface area contributed by atoms with Gasteiger partial charge in [0.15, 0.2) is 5.78 Å². The lowest BCUT2D eigenvalue weighted by Crippen LogP contribution is -2.26. The number of phenolic OH excluding ortho intramolecular Hbond substituents is 1. The zero-order chi connectivity index (χ0) is 25.5. The lowest BCUT2D eigenvalue weighted by molar-refractivity contribution is -0.117. The number of oxime groups is 1. The molecule has 0 aliphatic carbocycles. The van der Waals surface area contributed by atoms with Crippen molar-refractivity contribution >= 4 is 23.2 Å². The number of nitrogens with zero attached hydrogens (tertiary/aromatic N) is 1. The molecular formula is C26H32N2O6. The van der Waals surface area contributed by atoms with Crippen molar-refractivity contribution in [2.24, 2.45) is 5.16 Å². The highest BCUT2D eigenvalue weighted by Crippen LogP contribution is 2.31. The summed E-state index contributed by atoms with van der Waals surface area (Å²) in [4.78, 5) is 23.6. The molecule has 0 spiro atoms. The van der Waals surface area contributed by atoms with E-state index in [0.29, 0.717) is 5.56 Å². The summed E-state index contributed by atoms with van der Waals surface area (Å²) >= 11 is 0. The number of rotatable bonds is 10. The Hall–Kier alpha value is -3.81. The zero-order valence-electron chi connectivity index (χ0n) is 20.2. The van der Waals surface area contributed by atoms with Gasteiger partial charge in [0, 0.05) is 17.3 Å². The monoisotopic (exact) mass is 468 g/mol. The third-order valence-corrected chi connectivity index (χ3v) is 5.16. The maximum absolute atomic E-state index is 11.9. The second-order valence-corrected chi connectivity index (χ2v) is 8.89. The molecule has 1 atom stereocenters. The van der Waals surface area contributed by atoms with Crippen molar-refractivity contribution in [3.63, 3.8) is 0 Å². The molecule has 0 radical (unpaired) electrons. The Labute approximate surface area is 199 Å². The Kier molecular flexibility index (Phi) is 8.83. The van der Waals surface area contributed by atoms with Crippen molar-refractivity contribution in [3.8, 4) is 11.5 Å². The second kappa shape index (κ2) is 11.4. The topological polar surface area (TPSA) is 117 Å². The molecule has 0 aromatic heterocycles. The maximum atomic E-state index is 11.9. The summed E-state index contributed by atoms with van der Waals surface area (Å²) in [5, 5.41) is 26.4. The van der Waals surface area contributed by atoms with Crippen LogP contribution >= 0.6 is 0 Å². The highest BCUT2D eigenvalue weighted by atomic mass is 16.5. The molecule has 0 saturated carbocycles. The van der Waals surface area contributed by atoms with E-state index < -0.39 is 5.97 Å². The number of hydrogen-bond acceptors (Lipinski definition) is 8. The van der Waals surface area contributed by atoms with Gasteiger partial charge in [-0.15, -0.1) is 0 Å². The first-order valence-electron chi connectivity index (χ1n) is 10.8. The smallest absolute Gasteiger partial charge is 0.342 e. The summed E-state index contributed by atoms with van der Waals surface area (Å²) in [6.45, 7) is 12.9. The van der Waals surface area contributed by atoms with Gasteiger partial charge in [0.05, 0.1) is 6.04 Å². The Morgan fingerprint density at radius 3 is 2.47 bits per heavy atom. The van der Waals surface area contributed by atoms with Crippen molar-refractivity contribution in [1.29, 1.82) is 0 Å². The van der Waals surface area contributed by atoms with E-state index in [2.05, 4.69) is 17.1 Å². The Bertz CT molecular complexity index is 1090. The van der Waals surface area contributed by atoms with Gasteiger partial charge in [-0.2, -0.15) is 0 Å². The molecule has 0 bridgehead atoms. The van der Waals surface area contributed by atoms with Crippen molar-refractivity contribution in [2.45, 2.75) is 46.1 Å². The predicted octanol–water partition coefficient (Wildman–Crippen LogP) is 4.68. The highest BCUT2D eigenvalue weighted by Gasteiger charge is 2.22. The van der Waals surface area contributed by atoms with Crippen LogP contribution in [-0.4, -0.2) is 47.0 Å². The highest BCUT2D eigenvalue weighted by molar-refractivity contribution is 6.02. The number of hydrogen-bond donors (Lipinski definition) is 3. The Morgan fingerprint density at radius 1 is 1.21 bits per heavy atom. The van der Waals surface area contributed by atoms with E-state index in [9.17, 15) is 19.9 Å². The van der Waals surface area contributed by atoms with Crippen molar-refractivity contribution in [3.05, 3.63) is 65.7 Å². The first-order chi connectivity index (χ1) is 16.0. The van der Waals surface area contributed by atoms with Gasteiger partial charge in [-0.3, -0.25) is 4.79 Å². The van der Waals surface area contributed by atoms with E-state index in [4.69, 9.17) is 9.47 Å².